The molecule has 0 bridgehead atoms. The van der Waals surface area contributed by atoms with Gasteiger partial charge in [0.2, 0.25) is 0 Å². The highest BCUT2D eigenvalue weighted by atomic mass is 19.3. The molecule has 0 radical (unpaired) electrons. The Morgan fingerprint density at radius 2 is 1.88 bits per heavy atom. The van der Waals surface area contributed by atoms with Gasteiger partial charge < -0.3 is 9.80 Å². The van der Waals surface area contributed by atoms with Gasteiger partial charge in [-0.2, -0.15) is 8.78 Å². The molecule has 0 atom stereocenters. The topological polar surface area (TPSA) is 23.6 Å². The molecule has 100 valence electrons. The van der Waals surface area contributed by atoms with Gasteiger partial charge in [-0.15, -0.1) is 0 Å². The van der Waals surface area contributed by atoms with Crippen LogP contribution in [0.4, 0.5) is 8.78 Å². The van der Waals surface area contributed by atoms with Crippen molar-refractivity contribution in [2.45, 2.75) is 39.2 Å². The van der Waals surface area contributed by atoms with Gasteiger partial charge >= 0.3 is 6.43 Å². The van der Waals surface area contributed by atoms with Gasteiger partial charge in [0.15, 0.2) is 0 Å². The van der Waals surface area contributed by atoms with Gasteiger partial charge in [0.05, 0.1) is 0 Å². The van der Waals surface area contributed by atoms with Crippen LogP contribution in [-0.4, -0.2) is 54.9 Å². The van der Waals surface area contributed by atoms with Crippen molar-refractivity contribution < 1.29 is 13.6 Å². The first kappa shape index (κ1) is 14.4. The number of carbonyl (C=O) groups excluding carboxylic acids is 1. The first-order valence-electron chi connectivity index (χ1n) is 6.19. The number of halogens is 2. The van der Waals surface area contributed by atoms with Gasteiger partial charge in [0.25, 0.3) is 5.91 Å². The highest BCUT2D eigenvalue weighted by Crippen LogP contribution is 2.19. The summed E-state index contributed by atoms with van der Waals surface area (Å²) < 4.78 is 24.5. The highest BCUT2D eigenvalue weighted by Gasteiger charge is 2.28. The van der Waals surface area contributed by atoms with E-state index < -0.39 is 12.3 Å². The third kappa shape index (κ3) is 4.22. The molecule has 17 heavy (non-hydrogen) atoms. The Kier molecular flexibility index (Phi) is 5.31. The molecule has 0 aromatic heterocycles. The number of piperidine rings is 1. The lowest BCUT2D eigenvalue weighted by molar-refractivity contribution is -0.144. The number of rotatable bonds is 4. The first-order chi connectivity index (χ1) is 7.91. The Hall–Kier alpha value is -0.710. The van der Waals surface area contributed by atoms with E-state index in [0.29, 0.717) is 25.0 Å². The fourth-order valence-corrected chi connectivity index (χ4v) is 2.09. The van der Waals surface area contributed by atoms with Crippen molar-refractivity contribution >= 4 is 5.91 Å². The number of likely N-dealkylation sites (tertiary alicyclic amines) is 1. The van der Waals surface area contributed by atoms with Crippen molar-refractivity contribution in [3.05, 3.63) is 0 Å². The second-order valence-electron chi connectivity index (χ2n) is 5.10. The molecule has 0 aromatic rings. The van der Waals surface area contributed by atoms with Crippen LogP contribution in [0.2, 0.25) is 0 Å². The first-order valence-corrected chi connectivity index (χ1v) is 6.19. The van der Waals surface area contributed by atoms with E-state index in [1.165, 1.54) is 4.90 Å². The third-order valence-corrected chi connectivity index (χ3v) is 3.54. The van der Waals surface area contributed by atoms with E-state index in [0.717, 1.165) is 19.4 Å². The van der Waals surface area contributed by atoms with Crippen LogP contribution < -0.4 is 0 Å². The van der Waals surface area contributed by atoms with Gasteiger partial charge in [-0.05, 0) is 39.7 Å². The Bertz CT molecular complexity index is 251. The van der Waals surface area contributed by atoms with Crippen molar-refractivity contribution in [3.8, 4) is 0 Å². The molecule has 0 unspecified atom stereocenters. The number of carbonyl (C=O) groups is 1. The molecule has 0 N–H and O–H groups in total. The maximum Gasteiger partial charge on any atom is 0.315 e. The van der Waals surface area contributed by atoms with Crippen molar-refractivity contribution in [2.75, 3.05) is 26.7 Å². The average molecular weight is 248 g/mol. The molecular formula is C12H22F2N2O. The zero-order chi connectivity index (χ0) is 13.0. The van der Waals surface area contributed by atoms with E-state index in [4.69, 9.17) is 0 Å². The minimum atomic E-state index is -2.86. The monoisotopic (exact) mass is 248 g/mol. The zero-order valence-corrected chi connectivity index (χ0v) is 10.8. The maximum atomic E-state index is 12.2. The second kappa shape index (κ2) is 6.28. The van der Waals surface area contributed by atoms with Gasteiger partial charge in [-0.25, -0.2) is 0 Å². The van der Waals surface area contributed by atoms with E-state index in [-0.39, 0.29) is 0 Å². The Balaban J connectivity index is 2.33. The summed E-state index contributed by atoms with van der Waals surface area (Å²) >= 11 is 0. The molecule has 1 aliphatic heterocycles. The molecule has 0 saturated carbocycles. The minimum absolute atomic E-state index is 0.472. The summed E-state index contributed by atoms with van der Waals surface area (Å²) in [6, 6.07) is 0.496. The Morgan fingerprint density at radius 1 is 1.35 bits per heavy atom. The molecule has 1 fully saturated rings. The van der Waals surface area contributed by atoms with Crippen LogP contribution in [0.5, 0.6) is 0 Å². The molecule has 5 heteroatoms. The van der Waals surface area contributed by atoms with Crippen LogP contribution >= 0.6 is 0 Å². The Labute approximate surface area is 102 Å². The fraction of sp³-hybridized carbons (Fsp3) is 0.917. The normalized spacial score (nSPS) is 18.5. The van der Waals surface area contributed by atoms with E-state index in [1.54, 1.807) is 0 Å². The lowest BCUT2D eigenvalue weighted by Gasteiger charge is -2.34. The molecule has 1 saturated heterocycles. The van der Waals surface area contributed by atoms with Crippen molar-refractivity contribution in [3.63, 3.8) is 0 Å². The summed E-state index contributed by atoms with van der Waals surface area (Å²) in [5, 5.41) is 0. The second-order valence-corrected chi connectivity index (χ2v) is 5.10. The SMILES string of the molecule is CC(C)N(C)CC1CCN(C(=O)C(F)F)CC1. The van der Waals surface area contributed by atoms with Crippen LogP contribution in [0.15, 0.2) is 0 Å². The number of hydrogen-bond donors (Lipinski definition) is 0. The number of hydrogen-bond acceptors (Lipinski definition) is 2. The lowest BCUT2D eigenvalue weighted by atomic mass is 9.96. The van der Waals surface area contributed by atoms with Gasteiger partial charge in [0.1, 0.15) is 0 Å². The maximum absolute atomic E-state index is 12.2. The van der Waals surface area contributed by atoms with Crippen LogP contribution in [-0.2, 0) is 4.79 Å². The third-order valence-electron chi connectivity index (χ3n) is 3.54. The molecule has 1 heterocycles. The van der Waals surface area contributed by atoms with Crippen molar-refractivity contribution in [1.82, 2.24) is 9.80 Å². The van der Waals surface area contributed by atoms with Gasteiger partial charge in [0, 0.05) is 25.7 Å². The van der Waals surface area contributed by atoms with Crippen LogP contribution in [0.1, 0.15) is 26.7 Å². The predicted octanol–water partition coefficient (Wildman–Crippen LogP) is 1.83. The summed E-state index contributed by atoms with van der Waals surface area (Å²) in [5.41, 5.74) is 0. The molecule has 0 aliphatic carbocycles. The average Bonchev–Trinajstić information content (AvgIpc) is 2.28. The van der Waals surface area contributed by atoms with Crippen LogP contribution in [0, 0.1) is 5.92 Å². The lowest BCUT2D eigenvalue weighted by Crippen LogP contribution is -2.44. The van der Waals surface area contributed by atoms with Crippen LogP contribution in [0.25, 0.3) is 0 Å². The molecule has 1 amide bonds. The summed E-state index contributed by atoms with van der Waals surface area (Å²) in [6.07, 6.45) is -1.20. The summed E-state index contributed by atoms with van der Waals surface area (Å²) in [4.78, 5) is 14.6. The van der Waals surface area contributed by atoms with Gasteiger partial charge in [-0.3, -0.25) is 4.79 Å². The summed E-state index contributed by atoms with van der Waals surface area (Å²) in [7, 11) is 2.07. The largest absolute Gasteiger partial charge is 0.338 e. The highest BCUT2D eigenvalue weighted by molar-refractivity contribution is 5.79. The van der Waals surface area contributed by atoms with Crippen molar-refractivity contribution in [1.29, 1.82) is 0 Å². The summed E-state index contributed by atoms with van der Waals surface area (Å²) in [6.45, 7) is 6.19. The Morgan fingerprint density at radius 3 is 2.29 bits per heavy atom. The quantitative estimate of drug-likeness (QED) is 0.758. The fourth-order valence-electron chi connectivity index (χ4n) is 2.09. The van der Waals surface area contributed by atoms with E-state index in [9.17, 15) is 13.6 Å². The number of nitrogens with zero attached hydrogens (tertiary/aromatic N) is 2. The molecule has 1 aliphatic rings. The van der Waals surface area contributed by atoms with Crippen molar-refractivity contribution in [2.24, 2.45) is 5.92 Å². The predicted molar refractivity (Wildman–Crippen MR) is 63.1 cm³/mol. The molecule has 3 nitrogen and oxygen atoms in total. The summed E-state index contributed by atoms with van der Waals surface area (Å²) in [5.74, 6) is -0.496. The van der Waals surface area contributed by atoms with E-state index in [1.807, 2.05) is 0 Å². The van der Waals surface area contributed by atoms with E-state index in [2.05, 4.69) is 25.8 Å². The molecule has 1 rings (SSSR count). The number of alkyl halides is 2. The minimum Gasteiger partial charge on any atom is -0.338 e. The van der Waals surface area contributed by atoms with Crippen LogP contribution in [0.3, 0.4) is 0 Å². The van der Waals surface area contributed by atoms with E-state index >= 15 is 0 Å². The van der Waals surface area contributed by atoms with Gasteiger partial charge in [-0.1, -0.05) is 0 Å². The zero-order valence-electron chi connectivity index (χ0n) is 10.8. The molecule has 0 spiro atoms. The standard InChI is InChI=1S/C12H22F2N2O/c1-9(2)15(3)8-10-4-6-16(7-5-10)12(17)11(13)14/h9-11H,4-8H2,1-3H3. The molecule has 0 aromatic carbocycles. The smallest absolute Gasteiger partial charge is 0.315 e. The molecular weight excluding hydrogens is 226 g/mol. The number of amides is 1.